The second kappa shape index (κ2) is 6.12. The summed E-state index contributed by atoms with van der Waals surface area (Å²) in [5, 5.41) is 0. The van der Waals surface area contributed by atoms with Crippen LogP contribution in [0.1, 0.15) is 0 Å². The van der Waals surface area contributed by atoms with E-state index in [9.17, 15) is 87.8 Å². The summed E-state index contributed by atoms with van der Waals surface area (Å²) in [5.41, 5.74) is -8.83. The smallest absolute Gasteiger partial charge is 0.304 e. The van der Waals surface area contributed by atoms with Gasteiger partial charge in [-0.15, -0.1) is 0 Å². The van der Waals surface area contributed by atoms with Crippen molar-refractivity contribution in [2.75, 3.05) is 0 Å². The van der Waals surface area contributed by atoms with E-state index >= 15 is 0 Å². The Morgan fingerprint density at radius 2 is 0.613 bits per heavy atom. The maximum Gasteiger partial charge on any atom is 0.458 e. The van der Waals surface area contributed by atoms with Gasteiger partial charge in [0.05, 0.1) is 0 Å². The molecule has 1 nitrogen and oxygen atoms in total. The molecule has 0 heterocycles. The van der Waals surface area contributed by atoms with Crippen LogP contribution < -0.4 is 0 Å². The second-order valence-corrected chi connectivity index (χ2v) is 5.74. The predicted octanol–water partition coefficient (Wildman–Crippen LogP) is 6.28. The highest BCUT2D eigenvalue weighted by Gasteiger charge is 3.07. The van der Waals surface area contributed by atoms with Crippen molar-refractivity contribution < 1.29 is 92.5 Å². The molecule has 0 atom stereocenters. The van der Waals surface area contributed by atoms with Crippen LogP contribution in [0.4, 0.5) is 87.8 Å². The van der Waals surface area contributed by atoms with Gasteiger partial charge in [0.15, 0.2) is 0 Å². The molecule has 21 heteroatoms. The zero-order valence-electron chi connectivity index (χ0n) is 13.0. The first-order chi connectivity index (χ1) is 13.0. The number of rotatable bonds is 2. The zero-order chi connectivity index (χ0) is 25.7. The molecule has 0 amide bonds. The Labute approximate surface area is 153 Å². The predicted molar refractivity (Wildman–Crippen MR) is 50.6 cm³/mol. The first-order valence-corrected chi connectivity index (χ1v) is 6.44. The Bertz CT molecular complexity index is 661. The maximum absolute atomic E-state index is 13.6. The lowest BCUT2D eigenvalue weighted by Crippen LogP contribution is -2.90. The normalized spacial score (nSPS) is 27.1. The number of hydrogen-bond acceptors (Lipinski definition) is 1. The molecule has 186 valence electrons. The van der Waals surface area contributed by atoms with E-state index in [0.29, 0.717) is 0 Å². The Balaban J connectivity index is 4.30. The number of hydrogen-bond donors (Lipinski definition) is 0. The number of alkyl halides is 20. The van der Waals surface area contributed by atoms with Crippen LogP contribution >= 0.6 is 0 Å². The minimum Gasteiger partial charge on any atom is -0.304 e. The summed E-state index contributed by atoms with van der Waals surface area (Å²) in [6.45, 7) is 0. The van der Waals surface area contributed by atoms with Crippen LogP contribution in [0, 0.1) is 0 Å². The van der Waals surface area contributed by atoms with Gasteiger partial charge in [-0.25, -0.2) is 0 Å². The van der Waals surface area contributed by atoms with Crippen molar-refractivity contribution in [3.05, 3.63) is 0 Å². The van der Waals surface area contributed by atoms with E-state index in [0.717, 1.165) is 4.74 Å². The minimum atomic E-state index is -8.83. The molecular formula is C10F20O. The summed E-state index contributed by atoms with van der Waals surface area (Å²) < 4.78 is 261. The van der Waals surface area contributed by atoms with Gasteiger partial charge in [0.1, 0.15) is 0 Å². The SMILES string of the molecule is FC(F)(F)C(F)(OC1(C(F)(F)F)C(F)(F)C(F)(F)C(F)(F)C(F)(F)C1(F)F)C(F)(F)F. The van der Waals surface area contributed by atoms with Crippen molar-refractivity contribution in [2.24, 2.45) is 0 Å². The van der Waals surface area contributed by atoms with Crippen molar-refractivity contribution in [3.8, 4) is 0 Å². The average molecular weight is 516 g/mol. The molecular weight excluding hydrogens is 516 g/mol. The molecule has 0 aromatic rings. The van der Waals surface area contributed by atoms with Gasteiger partial charge < -0.3 is 4.74 Å². The van der Waals surface area contributed by atoms with Crippen LogP contribution in [0.5, 0.6) is 0 Å². The van der Waals surface area contributed by atoms with Crippen LogP contribution in [0.15, 0.2) is 0 Å². The van der Waals surface area contributed by atoms with Crippen LogP contribution in [0.25, 0.3) is 0 Å². The van der Waals surface area contributed by atoms with Crippen molar-refractivity contribution in [1.29, 1.82) is 0 Å². The fraction of sp³-hybridized carbons (Fsp3) is 1.00. The Morgan fingerprint density at radius 1 is 0.387 bits per heavy atom. The molecule has 0 N–H and O–H groups in total. The van der Waals surface area contributed by atoms with Crippen LogP contribution in [0.3, 0.4) is 0 Å². The lowest BCUT2D eigenvalue weighted by molar-refractivity contribution is -0.572. The summed E-state index contributed by atoms with van der Waals surface area (Å²) in [5.74, 6) is -51.1. The van der Waals surface area contributed by atoms with Gasteiger partial charge in [-0.3, -0.25) is 0 Å². The second-order valence-electron chi connectivity index (χ2n) is 5.74. The Hall–Kier alpha value is -1.44. The molecule has 0 bridgehead atoms. The third-order valence-corrected chi connectivity index (χ3v) is 3.88. The van der Waals surface area contributed by atoms with E-state index in [2.05, 4.69) is 0 Å². The summed E-state index contributed by atoms with van der Waals surface area (Å²) in [6.07, 6.45) is -24.9. The van der Waals surface area contributed by atoms with Crippen LogP contribution in [0.2, 0.25) is 0 Å². The summed E-state index contributed by atoms with van der Waals surface area (Å²) in [4.78, 5) is 0. The van der Waals surface area contributed by atoms with Gasteiger partial charge in [-0.1, -0.05) is 0 Å². The number of halogens is 20. The lowest BCUT2D eigenvalue weighted by Gasteiger charge is -2.56. The fourth-order valence-corrected chi connectivity index (χ4v) is 2.26. The molecule has 31 heavy (non-hydrogen) atoms. The highest BCUT2D eigenvalue weighted by Crippen LogP contribution is 2.73. The number of ether oxygens (including phenoxy) is 1. The first-order valence-electron chi connectivity index (χ1n) is 6.44. The average Bonchev–Trinajstić information content (AvgIpc) is 2.46. The van der Waals surface area contributed by atoms with Crippen molar-refractivity contribution in [3.63, 3.8) is 0 Å². The van der Waals surface area contributed by atoms with Crippen molar-refractivity contribution in [2.45, 2.75) is 59.6 Å². The topological polar surface area (TPSA) is 9.23 Å². The van der Waals surface area contributed by atoms with Gasteiger partial charge in [-0.05, 0) is 0 Å². The summed E-state index contributed by atoms with van der Waals surface area (Å²) in [6, 6.07) is 0. The van der Waals surface area contributed by atoms with E-state index < -0.39 is 59.6 Å². The minimum absolute atomic E-state index is 1.12. The molecule has 0 unspecified atom stereocenters. The molecule has 0 spiro atoms. The van der Waals surface area contributed by atoms with Gasteiger partial charge in [0.2, 0.25) is 0 Å². The molecule has 0 aromatic carbocycles. The van der Waals surface area contributed by atoms with Gasteiger partial charge in [0, 0.05) is 0 Å². The standard InChI is InChI=1S/C10F20O/c11-2(12)1(8(22,23)24,31-7(21,9(25,26)27)10(28,29)30)3(13,14)5(17,18)6(19,20)4(2,15)16. The molecule has 1 aliphatic rings. The molecule has 0 saturated heterocycles. The lowest BCUT2D eigenvalue weighted by atomic mass is 9.70. The van der Waals surface area contributed by atoms with E-state index in [1.165, 1.54) is 0 Å². The summed E-state index contributed by atoms with van der Waals surface area (Å²) in [7, 11) is 0. The first kappa shape index (κ1) is 27.6. The van der Waals surface area contributed by atoms with E-state index in [4.69, 9.17) is 0 Å². The highest BCUT2D eigenvalue weighted by molar-refractivity contribution is 5.29. The third-order valence-electron chi connectivity index (χ3n) is 3.88. The molecule has 1 saturated carbocycles. The van der Waals surface area contributed by atoms with Gasteiger partial charge in [-0.2, -0.15) is 87.8 Å². The largest absolute Gasteiger partial charge is 0.458 e. The zero-order valence-corrected chi connectivity index (χ0v) is 13.0. The highest BCUT2D eigenvalue weighted by atomic mass is 19.4. The van der Waals surface area contributed by atoms with Gasteiger partial charge >= 0.3 is 59.6 Å². The van der Waals surface area contributed by atoms with Gasteiger partial charge in [0.25, 0.3) is 0 Å². The quantitative estimate of drug-likeness (QED) is 0.393. The van der Waals surface area contributed by atoms with Crippen LogP contribution in [-0.2, 0) is 4.74 Å². The Kier molecular flexibility index (Phi) is 5.44. The molecule has 0 aliphatic heterocycles. The molecule has 1 fully saturated rings. The molecule has 1 aliphatic carbocycles. The van der Waals surface area contributed by atoms with E-state index in [-0.39, 0.29) is 0 Å². The van der Waals surface area contributed by atoms with Crippen molar-refractivity contribution in [1.82, 2.24) is 0 Å². The maximum atomic E-state index is 13.6. The fourth-order valence-electron chi connectivity index (χ4n) is 2.26. The third kappa shape index (κ3) is 2.75. The molecule has 1 rings (SSSR count). The monoisotopic (exact) mass is 516 g/mol. The Morgan fingerprint density at radius 3 is 0.806 bits per heavy atom. The molecule has 0 aromatic heterocycles. The van der Waals surface area contributed by atoms with E-state index in [1.54, 1.807) is 0 Å². The van der Waals surface area contributed by atoms with Crippen molar-refractivity contribution >= 4 is 0 Å². The van der Waals surface area contributed by atoms with Crippen LogP contribution in [-0.4, -0.2) is 59.6 Å². The molecule has 0 radical (unpaired) electrons. The van der Waals surface area contributed by atoms with E-state index in [1.807, 2.05) is 0 Å². The summed E-state index contributed by atoms with van der Waals surface area (Å²) >= 11 is 0.